The third-order valence-corrected chi connectivity index (χ3v) is 3.88. The number of halogens is 4. The Bertz CT molecular complexity index is 636. The predicted octanol–water partition coefficient (Wildman–Crippen LogP) is 4.26. The van der Waals surface area contributed by atoms with Gasteiger partial charge in [0.15, 0.2) is 0 Å². The van der Waals surface area contributed by atoms with Crippen LogP contribution in [0.1, 0.15) is 31.9 Å². The summed E-state index contributed by atoms with van der Waals surface area (Å²) in [6.45, 7) is 5.51. The topological polar surface area (TPSA) is 38.0 Å². The van der Waals surface area contributed by atoms with Crippen LogP contribution in [0, 0.1) is 5.41 Å². The minimum Gasteiger partial charge on any atom is -0.383 e. The molecular weight excluding hydrogens is 329 g/mol. The Morgan fingerprint density at radius 1 is 1.13 bits per heavy atom. The number of nitrogens with zero attached hydrogens (tertiary/aromatic N) is 2. The highest BCUT2D eigenvalue weighted by molar-refractivity contribution is 5.85. The van der Waals surface area contributed by atoms with E-state index in [4.69, 9.17) is 0 Å². The highest BCUT2D eigenvalue weighted by Crippen LogP contribution is 2.42. The Morgan fingerprint density at radius 3 is 2.22 bits per heavy atom. The van der Waals surface area contributed by atoms with E-state index in [0.29, 0.717) is 0 Å². The van der Waals surface area contributed by atoms with E-state index in [0.717, 1.165) is 12.1 Å². The lowest BCUT2D eigenvalue weighted by atomic mass is 9.71. The molecule has 2 rings (SSSR count). The normalized spacial score (nSPS) is 14.9. The van der Waals surface area contributed by atoms with Crippen LogP contribution in [-0.2, 0) is 18.3 Å². The van der Waals surface area contributed by atoms with Crippen LogP contribution in [0.15, 0.2) is 43.0 Å². The first-order valence-corrected chi connectivity index (χ1v) is 6.90. The van der Waals surface area contributed by atoms with Crippen LogP contribution >= 0.6 is 12.4 Å². The molecule has 0 saturated heterocycles. The zero-order chi connectivity index (χ0) is 16.6. The number of aliphatic hydroxyl groups is 1. The second kappa shape index (κ2) is 6.53. The van der Waals surface area contributed by atoms with Gasteiger partial charge in [0, 0.05) is 12.4 Å². The van der Waals surface area contributed by atoms with Crippen LogP contribution in [-0.4, -0.2) is 14.7 Å². The van der Waals surface area contributed by atoms with Crippen molar-refractivity contribution in [3.63, 3.8) is 0 Å². The molecule has 1 aromatic carbocycles. The van der Waals surface area contributed by atoms with E-state index in [1.54, 1.807) is 37.7 Å². The molecule has 0 aliphatic heterocycles. The fourth-order valence-electron chi connectivity index (χ4n) is 2.36. The van der Waals surface area contributed by atoms with Crippen LogP contribution in [0.25, 0.3) is 0 Å². The third kappa shape index (κ3) is 4.06. The van der Waals surface area contributed by atoms with Gasteiger partial charge in [-0.3, -0.25) is 0 Å². The van der Waals surface area contributed by atoms with E-state index in [9.17, 15) is 18.3 Å². The molecule has 0 spiro atoms. The van der Waals surface area contributed by atoms with Crippen molar-refractivity contribution in [1.29, 1.82) is 0 Å². The van der Waals surface area contributed by atoms with Crippen LogP contribution in [0.3, 0.4) is 0 Å². The summed E-state index contributed by atoms with van der Waals surface area (Å²) in [6, 6.07) is 4.87. The fraction of sp³-hybridized carbons (Fsp3) is 0.438. The van der Waals surface area contributed by atoms with Crippen molar-refractivity contribution in [2.24, 2.45) is 5.41 Å². The molecule has 0 fully saturated rings. The summed E-state index contributed by atoms with van der Waals surface area (Å²) in [5.74, 6) is 0. The van der Waals surface area contributed by atoms with Gasteiger partial charge in [-0.25, -0.2) is 4.98 Å². The molecule has 3 nitrogen and oxygen atoms in total. The average Bonchev–Trinajstić information content (AvgIpc) is 2.89. The van der Waals surface area contributed by atoms with E-state index < -0.39 is 22.8 Å². The predicted molar refractivity (Wildman–Crippen MR) is 84.3 cm³/mol. The van der Waals surface area contributed by atoms with Crippen molar-refractivity contribution >= 4 is 12.4 Å². The second-order valence-corrected chi connectivity index (χ2v) is 6.42. The maximum Gasteiger partial charge on any atom is 0.416 e. The van der Waals surface area contributed by atoms with Gasteiger partial charge in [0.25, 0.3) is 0 Å². The smallest absolute Gasteiger partial charge is 0.383 e. The summed E-state index contributed by atoms with van der Waals surface area (Å²) in [4.78, 5) is 3.91. The van der Waals surface area contributed by atoms with Gasteiger partial charge in [-0.1, -0.05) is 32.9 Å². The first kappa shape index (κ1) is 19.5. The summed E-state index contributed by atoms with van der Waals surface area (Å²) >= 11 is 0. The molecule has 0 radical (unpaired) electrons. The van der Waals surface area contributed by atoms with E-state index in [2.05, 4.69) is 4.98 Å². The van der Waals surface area contributed by atoms with E-state index >= 15 is 0 Å². The lowest BCUT2D eigenvalue weighted by Gasteiger charge is -2.41. The summed E-state index contributed by atoms with van der Waals surface area (Å²) < 4.78 is 40.5. The second-order valence-electron chi connectivity index (χ2n) is 6.42. The van der Waals surface area contributed by atoms with Crippen LogP contribution in [0.2, 0.25) is 0 Å². The lowest BCUT2D eigenvalue weighted by molar-refractivity contribution is -0.138. The number of benzene rings is 1. The van der Waals surface area contributed by atoms with E-state index in [1.807, 2.05) is 0 Å². The van der Waals surface area contributed by atoms with Crippen LogP contribution < -0.4 is 0 Å². The molecule has 23 heavy (non-hydrogen) atoms. The molecule has 1 N–H and O–H groups in total. The largest absolute Gasteiger partial charge is 0.416 e. The van der Waals surface area contributed by atoms with Gasteiger partial charge < -0.3 is 9.67 Å². The van der Waals surface area contributed by atoms with Gasteiger partial charge >= 0.3 is 6.18 Å². The maximum absolute atomic E-state index is 12.9. The number of hydrogen-bond acceptors (Lipinski definition) is 2. The average molecular weight is 349 g/mol. The number of hydrogen-bond donors (Lipinski definition) is 1. The molecule has 0 amide bonds. The monoisotopic (exact) mass is 348 g/mol. The molecule has 0 bridgehead atoms. The lowest BCUT2D eigenvalue weighted by Crippen LogP contribution is -2.43. The molecule has 0 aliphatic carbocycles. The van der Waals surface area contributed by atoms with Gasteiger partial charge in [-0.05, 0) is 23.1 Å². The Hall–Kier alpha value is -1.53. The van der Waals surface area contributed by atoms with E-state index in [1.165, 1.54) is 18.5 Å². The Morgan fingerprint density at radius 2 is 1.74 bits per heavy atom. The Balaban J connectivity index is 0.00000264. The van der Waals surface area contributed by atoms with Crippen LogP contribution in [0.5, 0.6) is 0 Å². The molecule has 1 heterocycles. The van der Waals surface area contributed by atoms with Crippen molar-refractivity contribution < 1.29 is 18.3 Å². The quantitative estimate of drug-likeness (QED) is 0.900. The molecule has 1 atom stereocenters. The summed E-state index contributed by atoms with van der Waals surface area (Å²) in [7, 11) is 0. The van der Waals surface area contributed by atoms with E-state index in [-0.39, 0.29) is 24.5 Å². The third-order valence-electron chi connectivity index (χ3n) is 3.88. The van der Waals surface area contributed by atoms with Crippen molar-refractivity contribution in [2.45, 2.75) is 39.1 Å². The summed E-state index contributed by atoms with van der Waals surface area (Å²) in [5.41, 5.74) is -2.65. The molecule has 2 aromatic rings. The Labute approximate surface area is 139 Å². The fourth-order valence-corrected chi connectivity index (χ4v) is 2.36. The molecule has 0 aliphatic rings. The Kier molecular flexibility index (Phi) is 5.54. The van der Waals surface area contributed by atoms with Gasteiger partial charge in [0.1, 0.15) is 5.60 Å². The molecule has 1 aromatic heterocycles. The highest BCUT2D eigenvalue weighted by atomic mass is 35.5. The summed E-state index contributed by atoms with van der Waals surface area (Å²) in [5, 5.41) is 11.2. The minimum absolute atomic E-state index is 0. The summed E-state index contributed by atoms with van der Waals surface area (Å²) in [6.07, 6.45) is 0.327. The van der Waals surface area contributed by atoms with Crippen LogP contribution in [0.4, 0.5) is 13.2 Å². The molecule has 0 saturated carbocycles. The zero-order valence-corrected chi connectivity index (χ0v) is 13.9. The first-order valence-electron chi connectivity index (χ1n) is 6.90. The van der Waals surface area contributed by atoms with Crippen molar-refractivity contribution in [3.05, 3.63) is 54.1 Å². The molecular formula is C16H20ClF3N2O. The number of imidazole rings is 1. The maximum atomic E-state index is 12.9. The van der Waals surface area contributed by atoms with Crippen molar-refractivity contribution in [2.75, 3.05) is 0 Å². The van der Waals surface area contributed by atoms with Gasteiger partial charge in [0.2, 0.25) is 0 Å². The number of alkyl halides is 3. The molecule has 7 heteroatoms. The standard InChI is InChI=1S/C16H19F3N2O.ClH/c1-14(2,3)15(22,10-21-8-7-20-11-21)12-5-4-6-13(9-12)16(17,18)19;/h4-9,11,22H,10H2,1-3H3;1H. The zero-order valence-electron chi connectivity index (χ0n) is 13.1. The van der Waals surface area contributed by atoms with Crippen molar-refractivity contribution in [1.82, 2.24) is 9.55 Å². The van der Waals surface area contributed by atoms with Gasteiger partial charge in [-0.2, -0.15) is 13.2 Å². The van der Waals surface area contributed by atoms with Crippen molar-refractivity contribution in [3.8, 4) is 0 Å². The number of rotatable bonds is 3. The van der Waals surface area contributed by atoms with Gasteiger partial charge in [0.05, 0.1) is 18.4 Å². The minimum atomic E-state index is -4.44. The van der Waals surface area contributed by atoms with Gasteiger partial charge in [-0.15, -0.1) is 12.4 Å². The SMILES string of the molecule is CC(C)(C)C(O)(Cn1ccnc1)c1cccc(C(F)(F)F)c1.Cl. The molecule has 1 unspecified atom stereocenters. The first-order chi connectivity index (χ1) is 10.0. The number of aromatic nitrogens is 2. The highest BCUT2D eigenvalue weighted by Gasteiger charge is 2.43. The molecule has 128 valence electrons.